The van der Waals surface area contributed by atoms with E-state index in [1.807, 2.05) is 54.6 Å². The molecule has 0 spiro atoms. The third kappa shape index (κ3) is 5.09. The highest BCUT2D eigenvalue weighted by Gasteiger charge is 2.35. The van der Waals surface area contributed by atoms with E-state index in [9.17, 15) is 9.59 Å². The first-order chi connectivity index (χ1) is 12.9. The van der Waals surface area contributed by atoms with Crippen LogP contribution < -0.4 is 5.32 Å². The second kappa shape index (κ2) is 8.25. The van der Waals surface area contributed by atoms with Gasteiger partial charge in [0.25, 0.3) is 0 Å². The number of amides is 2. The molecule has 0 unspecified atom stereocenters. The predicted octanol–water partition coefficient (Wildman–Crippen LogP) is 3.94. The maximum atomic E-state index is 12.7. The number of carbonyl (C=O) groups excluding carboxylic acids is 2. The van der Waals surface area contributed by atoms with Crippen molar-refractivity contribution in [2.75, 3.05) is 6.54 Å². The number of ether oxygens (including phenoxy) is 1. The summed E-state index contributed by atoms with van der Waals surface area (Å²) in [5.74, 6) is -0.173. The Kier molecular flexibility index (Phi) is 5.79. The van der Waals surface area contributed by atoms with Crippen LogP contribution in [0, 0.1) is 5.41 Å². The average Bonchev–Trinajstić information content (AvgIpc) is 3.08. The zero-order valence-corrected chi connectivity index (χ0v) is 15.9. The van der Waals surface area contributed by atoms with Gasteiger partial charge in [-0.2, -0.15) is 0 Å². The fourth-order valence-corrected chi connectivity index (χ4v) is 3.18. The number of allylic oxidation sites excluding steroid dienone is 5. The number of hydrogen-bond acceptors (Lipinski definition) is 3. The molecule has 1 atom stereocenters. The topological polar surface area (TPSA) is 58.6 Å². The molecule has 1 aromatic carbocycles. The molecule has 27 heavy (non-hydrogen) atoms. The van der Waals surface area contributed by atoms with Crippen LogP contribution in [0.2, 0.25) is 0 Å². The summed E-state index contributed by atoms with van der Waals surface area (Å²) < 4.78 is 5.40. The summed E-state index contributed by atoms with van der Waals surface area (Å²) in [6.07, 6.45) is 10.8. The van der Waals surface area contributed by atoms with Gasteiger partial charge in [-0.25, -0.2) is 4.79 Å². The van der Waals surface area contributed by atoms with Crippen molar-refractivity contribution in [3.05, 3.63) is 72.0 Å². The molecule has 1 aliphatic heterocycles. The van der Waals surface area contributed by atoms with Crippen LogP contribution in [0.15, 0.2) is 66.4 Å². The van der Waals surface area contributed by atoms with Gasteiger partial charge in [-0.1, -0.05) is 62.4 Å². The molecule has 142 valence electrons. The summed E-state index contributed by atoms with van der Waals surface area (Å²) in [6.45, 7) is 4.94. The van der Waals surface area contributed by atoms with Gasteiger partial charge < -0.3 is 10.1 Å². The van der Waals surface area contributed by atoms with E-state index in [4.69, 9.17) is 4.74 Å². The normalized spacial score (nSPS) is 20.7. The van der Waals surface area contributed by atoms with Gasteiger partial charge in [-0.05, 0) is 30.6 Å². The van der Waals surface area contributed by atoms with Crippen molar-refractivity contribution < 1.29 is 14.3 Å². The van der Waals surface area contributed by atoms with Gasteiger partial charge in [-0.15, -0.1) is 0 Å². The molecule has 1 aromatic rings. The van der Waals surface area contributed by atoms with Crippen LogP contribution >= 0.6 is 0 Å². The molecule has 0 bridgehead atoms. The number of nitrogens with one attached hydrogen (secondary N) is 1. The van der Waals surface area contributed by atoms with Gasteiger partial charge in [0, 0.05) is 17.7 Å². The van der Waals surface area contributed by atoms with Crippen LogP contribution in [-0.4, -0.2) is 29.5 Å². The van der Waals surface area contributed by atoms with Gasteiger partial charge in [0.1, 0.15) is 12.6 Å². The van der Waals surface area contributed by atoms with Crippen molar-refractivity contribution in [3.63, 3.8) is 0 Å². The lowest BCUT2D eigenvalue weighted by atomic mass is 9.93. The smallest absolute Gasteiger partial charge is 0.410 e. The predicted molar refractivity (Wildman–Crippen MR) is 105 cm³/mol. The quantitative estimate of drug-likeness (QED) is 0.878. The third-order valence-electron chi connectivity index (χ3n) is 4.76. The Morgan fingerprint density at radius 3 is 2.78 bits per heavy atom. The van der Waals surface area contributed by atoms with E-state index in [-0.39, 0.29) is 17.9 Å². The number of benzene rings is 1. The Labute approximate surface area is 160 Å². The van der Waals surface area contributed by atoms with E-state index >= 15 is 0 Å². The van der Waals surface area contributed by atoms with Gasteiger partial charge in [-0.3, -0.25) is 9.69 Å². The second-order valence-electron chi connectivity index (χ2n) is 7.52. The number of rotatable bonds is 4. The van der Waals surface area contributed by atoms with Crippen LogP contribution in [0.3, 0.4) is 0 Å². The number of hydrogen-bond donors (Lipinski definition) is 1. The minimum absolute atomic E-state index is 0.0520. The highest BCUT2D eigenvalue weighted by Crippen LogP contribution is 2.23. The summed E-state index contributed by atoms with van der Waals surface area (Å²) in [7, 11) is 0. The monoisotopic (exact) mass is 366 g/mol. The van der Waals surface area contributed by atoms with Gasteiger partial charge in [0.05, 0.1) is 0 Å². The average molecular weight is 366 g/mol. The van der Waals surface area contributed by atoms with Crippen molar-refractivity contribution in [2.24, 2.45) is 5.41 Å². The van der Waals surface area contributed by atoms with E-state index in [0.29, 0.717) is 13.0 Å². The lowest BCUT2D eigenvalue weighted by Crippen LogP contribution is -2.45. The first kappa shape index (κ1) is 19.0. The molecule has 3 rings (SSSR count). The number of carbonyl (C=O) groups is 2. The lowest BCUT2D eigenvalue weighted by Gasteiger charge is -2.23. The molecule has 2 amide bonds. The molecular formula is C22H26N2O3. The standard InChI is InChI=1S/C22H26N2O3/c1-22(2)13-6-10-18(12-14-22)23-20(25)19-11-7-15-24(19)21(26)27-16-17-8-4-3-5-9-17/h3-6,8-10,12-14,19H,7,11,15-16H2,1-2H3,(H,23,25)/t19-/m0/s1. The molecule has 5 nitrogen and oxygen atoms in total. The van der Waals surface area contributed by atoms with Crippen molar-refractivity contribution in [1.82, 2.24) is 10.2 Å². The molecule has 1 heterocycles. The summed E-state index contributed by atoms with van der Waals surface area (Å²) in [4.78, 5) is 26.7. The van der Waals surface area contributed by atoms with E-state index in [1.165, 1.54) is 4.90 Å². The van der Waals surface area contributed by atoms with Crippen molar-refractivity contribution in [2.45, 2.75) is 39.3 Å². The van der Waals surface area contributed by atoms with E-state index in [0.717, 1.165) is 17.7 Å². The Bertz CT molecular complexity index is 778. The molecule has 1 saturated heterocycles. The zero-order chi connectivity index (χ0) is 19.3. The molecule has 0 aromatic heterocycles. The SMILES string of the molecule is CC1(C)C=CC=C(NC(=O)[C@@H]2CCCN2C(=O)OCc2ccccc2)C=C1. The maximum Gasteiger partial charge on any atom is 0.410 e. The molecule has 1 fully saturated rings. The largest absolute Gasteiger partial charge is 0.445 e. The molecule has 2 aliphatic rings. The van der Waals surface area contributed by atoms with Crippen LogP contribution in [-0.2, 0) is 16.1 Å². The molecule has 0 radical (unpaired) electrons. The van der Waals surface area contributed by atoms with Crippen molar-refractivity contribution in [1.29, 1.82) is 0 Å². The molecular weight excluding hydrogens is 340 g/mol. The van der Waals surface area contributed by atoms with Crippen LogP contribution in [0.4, 0.5) is 4.79 Å². The third-order valence-corrected chi connectivity index (χ3v) is 4.76. The van der Waals surface area contributed by atoms with Gasteiger partial charge >= 0.3 is 6.09 Å². The molecule has 1 N–H and O–H groups in total. The summed E-state index contributed by atoms with van der Waals surface area (Å²) in [5.41, 5.74) is 1.60. The number of nitrogens with zero attached hydrogens (tertiary/aromatic N) is 1. The van der Waals surface area contributed by atoms with Gasteiger partial charge in [0.2, 0.25) is 5.91 Å². The van der Waals surface area contributed by atoms with Crippen molar-refractivity contribution >= 4 is 12.0 Å². The Morgan fingerprint density at radius 1 is 1.22 bits per heavy atom. The van der Waals surface area contributed by atoms with E-state index < -0.39 is 12.1 Å². The summed E-state index contributed by atoms with van der Waals surface area (Å²) in [6, 6.07) is 9.03. The minimum Gasteiger partial charge on any atom is -0.445 e. The van der Waals surface area contributed by atoms with Crippen molar-refractivity contribution in [3.8, 4) is 0 Å². The number of likely N-dealkylation sites (tertiary alicyclic amines) is 1. The Morgan fingerprint density at radius 2 is 2.00 bits per heavy atom. The van der Waals surface area contributed by atoms with Crippen LogP contribution in [0.5, 0.6) is 0 Å². The first-order valence-corrected chi connectivity index (χ1v) is 9.31. The zero-order valence-electron chi connectivity index (χ0n) is 15.9. The minimum atomic E-state index is -0.497. The molecule has 1 aliphatic carbocycles. The highest BCUT2D eigenvalue weighted by molar-refractivity contribution is 5.87. The van der Waals surface area contributed by atoms with E-state index in [2.05, 4.69) is 25.2 Å². The lowest BCUT2D eigenvalue weighted by molar-refractivity contribution is -0.124. The fourth-order valence-electron chi connectivity index (χ4n) is 3.18. The Hall–Kier alpha value is -2.82. The maximum absolute atomic E-state index is 12.7. The Balaban J connectivity index is 1.58. The van der Waals surface area contributed by atoms with Crippen LogP contribution in [0.1, 0.15) is 32.3 Å². The second-order valence-corrected chi connectivity index (χ2v) is 7.52. The van der Waals surface area contributed by atoms with Crippen LogP contribution in [0.25, 0.3) is 0 Å². The molecule has 0 saturated carbocycles. The highest BCUT2D eigenvalue weighted by atomic mass is 16.6. The van der Waals surface area contributed by atoms with E-state index in [1.54, 1.807) is 0 Å². The summed E-state index contributed by atoms with van der Waals surface area (Å²) >= 11 is 0. The van der Waals surface area contributed by atoms with Gasteiger partial charge in [0.15, 0.2) is 0 Å². The summed E-state index contributed by atoms with van der Waals surface area (Å²) in [5, 5.41) is 2.93. The molecule has 5 heteroatoms. The first-order valence-electron chi connectivity index (χ1n) is 9.31. The fraction of sp³-hybridized carbons (Fsp3) is 0.364.